The van der Waals surface area contributed by atoms with Crippen LogP contribution >= 0.6 is 0 Å². The maximum absolute atomic E-state index is 12.0. The Kier molecular flexibility index (Phi) is 37.4. The van der Waals surface area contributed by atoms with Crippen molar-refractivity contribution in [2.24, 2.45) is 0 Å². The van der Waals surface area contributed by atoms with Gasteiger partial charge < -0.3 is 29.3 Å². The molecule has 0 amide bonds. The number of carboxylic acids is 2. The fourth-order valence-corrected chi connectivity index (χ4v) is 6.76. The van der Waals surface area contributed by atoms with Crippen LogP contribution in [0, 0.1) is 0 Å². The monoisotopic (exact) mass is 819 g/mol. The molecule has 0 aliphatic rings. The number of esters is 2. The van der Waals surface area contributed by atoms with Gasteiger partial charge in [-0.15, -0.1) is 0 Å². The van der Waals surface area contributed by atoms with Gasteiger partial charge in [0.2, 0.25) is 0 Å². The van der Waals surface area contributed by atoms with Crippen LogP contribution in [0.1, 0.15) is 235 Å². The summed E-state index contributed by atoms with van der Waals surface area (Å²) in [7, 11) is 0. The van der Waals surface area contributed by atoms with Crippen LogP contribution in [0.25, 0.3) is 0 Å². The van der Waals surface area contributed by atoms with Crippen LogP contribution in [-0.2, 0) is 9.47 Å². The maximum atomic E-state index is 12.0. The predicted molar refractivity (Wildman–Crippen MR) is 228 cm³/mol. The third-order valence-electron chi connectivity index (χ3n) is 10.2. The first-order valence-electron chi connectivity index (χ1n) is 22.3. The van der Waals surface area contributed by atoms with E-state index < -0.39 is 23.9 Å². The van der Waals surface area contributed by atoms with Gasteiger partial charge in [0.1, 0.15) is 0 Å². The molecule has 2 rings (SSSR count). The maximum Gasteiger partial charge on any atom is 2.00 e. The number of unbranched alkanes of at least 4 members (excludes halogenated alkanes) is 26. The Labute approximate surface area is 375 Å². The zero-order valence-electron chi connectivity index (χ0n) is 35.8. The van der Waals surface area contributed by atoms with E-state index in [0.717, 1.165) is 38.5 Å². The molecule has 316 valence electrons. The average Bonchev–Trinajstić information content (AvgIpc) is 3.20. The Balaban J connectivity index is 0.00000108. The van der Waals surface area contributed by atoms with Crippen molar-refractivity contribution >= 4 is 61.6 Å². The van der Waals surface area contributed by atoms with Gasteiger partial charge in [-0.25, -0.2) is 9.59 Å². The van der Waals surface area contributed by atoms with Crippen LogP contribution in [0.2, 0.25) is 0 Å². The van der Waals surface area contributed by atoms with E-state index in [0.29, 0.717) is 13.2 Å². The van der Waals surface area contributed by atoms with Crippen LogP contribution in [0.4, 0.5) is 0 Å². The number of carboxylic acid groups (broad SMARTS) is 2. The number of benzene rings is 2. The minimum absolute atomic E-state index is 0. The summed E-state index contributed by atoms with van der Waals surface area (Å²) < 4.78 is 10.4. The van der Waals surface area contributed by atoms with Crippen molar-refractivity contribution in [3.63, 3.8) is 0 Å². The molecule has 0 aromatic heterocycles. The fourth-order valence-electron chi connectivity index (χ4n) is 6.76. The first-order valence-corrected chi connectivity index (χ1v) is 22.3. The zero-order valence-corrected chi connectivity index (χ0v) is 38.0. The molecule has 0 bridgehead atoms. The first kappa shape index (κ1) is 54.6. The molecule has 0 fully saturated rings. The molecule has 2 aromatic rings. The number of carbonyl (C=O) groups excluding carboxylic acids is 4. The smallest absolute Gasteiger partial charge is 0.545 e. The van der Waals surface area contributed by atoms with Gasteiger partial charge in [-0.05, 0) is 25.0 Å². The van der Waals surface area contributed by atoms with Gasteiger partial charge in [0, 0.05) is 11.1 Å². The fraction of sp³-hybridized carbons (Fsp3) is 0.667. The van der Waals surface area contributed by atoms with Crippen molar-refractivity contribution in [2.45, 2.75) is 194 Å². The Bertz CT molecular complexity index is 1210. The predicted octanol–water partition coefficient (Wildman–Crippen LogP) is 11.0. The van der Waals surface area contributed by atoms with Crippen LogP contribution in [0.15, 0.2) is 48.5 Å². The minimum Gasteiger partial charge on any atom is -0.545 e. The van der Waals surface area contributed by atoms with E-state index in [2.05, 4.69) is 13.8 Å². The molecular formula is C48H74CaO8. The second-order valence-corrected chi connectivity index (χ2v) is 15.1. The van der Waals surface area contributed by atoms with Gasteiger partial charge >= 0.3 is 49.7 Å². The number of hydrogen-bond acceptors (Lipinski definition) is 8. The van der Waals surface area contributed by atoms with Gasteiger partial charge in [0.25, 0.3) is 0 Å². The average molecular weight is 819 g/mol. The Morgan fingerprint density at radius 1 is 0.368 bits per heavy atom. The van der Waals surface area contributed by atoms with Crippen LogP contribution in [0.3, 0.4) is 0 Å². The van der Waals surface area contributed by atoms with E-state index in [1.807, 2.05) is 0 Å². The Morgan fingerprint density at radius 2 is 0.579 bits per heavy atom. The Morgan fingerprint density at radius 3 is 0.807 bits per heavy atom. The van der Waals surface area contributed by atoms with Gasteiger partial charge in [0.05, 0.1) is 36.3 Å². The molecule has 8 nitrogen and oxygen atoms in total. The molecular weight excluding hydrogens is 745 g/mol. The van der Waals surface area contributed by atoms with E-state index >= 15 is 0 Å². The summed E-state index contributed by atoms with van der Waals surface area (Å²) in [5.74, 6) is -3.89. The third-order valence-corrected chi connectivity index (χ3v) is 10.2. The standard InChI is InChI=1S/2C24H38O4.Ca/c2*1-2-3-4-5-6-7-8-9-10-11-12-13-14-17-20-28-24(27)22-19-16-15-18-21(22)23(25)26;/h2*15-16,18-19H,2-14,17,20H2,1H3,(H,25,26);/q;;+2/p-2. The molecule has 0 aliphatic carbocycles. The summed E-state index contributed by atoms with van der Waals surface area (Å²) in [6.07, 6.45) is 35.7. The number of ether oxygens (including phenoxy) is 2. The van der Waals surface area contributed by atoms with E-state index in [1.54, 1.807) is 24.3 Å². The molecule has 9 heteroatoms. The summed E-state index contributed by atoms with van der Waals surface area (Å²) >= 11 is 0. The molecule has 0 heterocycles. The number of aromatic carboxylic acids is 2. The zero-order chi connectivity index (χ0) is 40.9. The molecule has 0 saturated heterocycles. The van der Waals surface area contributed by atoms with Gasteiger partial charge in [-0.2, -0.15) is 0 Å². The van der Waals surface area contributed by atoms with Crippen molar-refractivity contribution < 1.29 is 38.9 Å². The summed E-state index contributed by atoms with van der Waals surface area (Å²) in [6.45, 7) is 5.18. The first-order chi connectivity index (χ1) is 27.3. The quantitative estimate of drug-likeness (QED) is 0.0387. The van der Waals surface area contributed by atoms with E-state index in [4.69, 9.17) is 9.47 Å². The van der Waals surface area contributed by atoms with Gasteiger partial charge in [-0.3, -0.25) is 0 Å². The van der Waals surface area contributed by atoms with Crippen LogP contribution in [0.5, 0.6) is 0 Å². The molecule has 0 unspecified atom stereocenters. The second kappa shape index (κ2) is 39.1. The summed E-state index contributed by atoms with van der Waals surface area (Å²) in [5.41, 5.74) is -0.109. The van der Waals surface area contributed by atoms with Crippen molar-refractivity contribution in [3.8, 4) is 0 Å². The molecule has 0 aliphatic heterocycles. The summed E-state index contributed by atoms with van der Waals surface area (Å²) in [5, 5.41) is 22.0. The third kappa shape index (κ3) is 29.4. The van der Waals surface area contributed by atoms with E-state index in [9.17, 15) is 29.4 Å². The number of carbonyl (C=O) groups is 4. The SMILES string of the molecule is CCCCCCCCCCCCCCCCOC(=O)c1ccccc1C(=O)[O-].CCCCCCCCCCCCCCCCOC(=O)c1ccccc1C(=O)[O-].[Ca+2]. The molecule has 0 atom stereocenters. The minimum atomic E-state index is -1.36. The number of hydrogen-bond donors (Lipinski definition) is 0. The van der Waals surface area contributed by atoms with E-state index in [1.165, 1.54) is 166 Å². The second-order valence-electron chi connectivity index (χ2n) is 15.1. The summed E-state index contributed by atoms with van der Waals surface area (Å²) in [4.78, 5) is 46.0. The molecule has 0 saturated carbocycles. The van der Waals surface area contributed by atoms with Crippen molar-refractivity contribution in [3.05, 3.63) is 70.8 Å². The largest absolute Gasteiger partial charge is 2.00 e. The van der Waals surface area contributed by atoms with E-state index in [-0.39, 0.29) is 60.0 Å². The van der Waals surface area contributed by atoms with Crippen molar-refractivity contribution in [1.29, 1.82) is 0 Å². The molecule has 0 N–H and O–H groups in total. The molecule has 0 spiro atoms. The topological polar surface area (TPSA) is 133 Å². The van der Waals surface area contributed by atoms with Crippen molar-refractivity contribution in [1.82, 2.24) is 0 Å². The van der Waals surface area contributed by atoms with Crippen LogP contribution in [-0.4, -0.2) is 74.8 Å². The van der Waals surface area contributed by atoms with Crippen molar-refractivity contribution in [2.75, 3.05) is 13.2 Å². The normalized spacial score (nSPS) is 10.6. The molecule has 57 heavy (non-hydrogen) atoms. The molecule has 0 radical (unpaired) electrons. The van der Waals surface area contributed by atoms with Gasteiger partial charge in [0.15, 0.2) is 0 Å². The van der Waals surface area contributed by atoms with Crippen LogP contribution < -0.4 is 10.2 Å². The van der Waals surface area contributed by atoms with Gasteiger partial charge in [-0.1, -0.05) is 217 Å². The summed E-state index contributed by atoms with van der Waals surface area (Å²) in [6, 6.07) is 12.0. The Hall–Kier alpha value is -2.42. The molecule has 2 aromatic carbocycles. The number of rotatable bonds is 34.